The Kier molecular flexibility index (Phi) is 5.04. The van der Waals surface area contributed by atoms with Crippen molar-refractivity contribution < 1.29 is 0 Å². The molecule has 2 aromatic rings. The summed E-state index contributed by atoms with van der Waals surface area (Å²) in [6, 6.07) is 13.8. The van der Waals surface area contributed by atoms with Crippen molar-refractivity contribution >= 4 is 39.9 Å². The van der Waals surface area contributed by atoms with E-state index < -0.39 is 0 Å². The van der Waals surface area contributed by atoms with Crippen LogP contribution < -0.4 is 17.0 Å². The first-order valence-corrected chi connectivity index (χ1v) is 7.31. The van der Waals surface area contributed by atoms with Crippen LogP contribution in [0.1, 0.15) is 17.2 Å². The van der Waals surface area contributed by atoms with Gasteiger partial charge in [0.25, 0.3) is 0 Å². The van der Waals surface area contributed by atoms with Crippen molar-refractivity contribution in [3.05, 3.63) is 62.2 Å². The number of nitrogen functional groups attached to an aromatic ring is 1. The van der Waals surface area contributed by atoms with Gasteiger partial charge >= 0.3 is 0 Å². The molecule has 0 spiro atoms. The Labute approximate surface area is 131 Å². The largest absolute Gasteiger partial charge is 0.398 e. The summed E-state index contributed by atoms with van der Waals surface area (Å²) >= 11 is 8.19. The highest BCUT2D eigenvalue weighted by Crippen LogP contribution is 2.26. The molecular formula is C14H15ClIN3. The monoisotopic (exact) mass is 387 g/mol. The predicted octanol–water partition coefficient (Wildman–Crippen LogP) is 3.27. The summed E-state index contributed by atoms with van der Waals surface area (Å²) in [7, 11) is 0. The maximum absolute atomic E-state index is 5.99. The number of nitrogens with one attached hydrogen (secondary N) is 1. The summed E-state index contributed by atoms with van der Waals surface area (Å²) in [6.45, 7) is 0. The molecule has 0 saturated heterocycles. The zero-order valence-corrected chi connectivity index (χ0v) is 13.1. The number of hydrogen-bond donors (Lipinski definition) is 3. The van der Waals surface area contributed by atoms with Crippen LogP contribution in [0.25, 0.3) is 0 Å². The first kappa shape index (κ1) is 14.6. The summed E-state index contributed by atoms with van der Waals surface area (Å²) < 4.78 is 1.21. The van der Waals surface area contributed by atoms with Gasteiger partial charge in [0.05, 0.1) is 6.04 Å². The van der Waals surface area contributed by atoms with Crippen LogP contribution in [0.15, 0.2) is 42.5 Å². The summed E-state index contributed by atoms with van der Waals surface area (Å²) in [6.07, 6.45) is 0.777. The average molecular weight is 388 g/mol. The van der Waals surface area contributed by atoms with E-state index in [1.54, 1.807) is 6.07 Å². The summed E-state index contributed by atoms with van der Waals surface area (Å²) in [4.78, 5) is 0. The topological polar surface area (TPSA) is 64.1 Å². The van der Waals surface area contributed by atoms with Crippen LogP contribution >= 0.6 is 34.2 Å². The SMILES string of the molecule is NNC(Cc1ccc(I)cc1)c1ccc(Cl)cc1N. The van der Waals surface area contributed by atoms with Gasteiger partial charge in [0.1, 0.15) is 0 Å². The van der Waals surface area contributed by atoms with Gasteiger partial charge in [0, 0.05) is 14.3 Å². The molecule has 19 heavy (non-hydrogen) atoms. The van der Waals surface area contributed by atoms with Crippen LogP contribution in [0.5, 0.6) is 0 Å². The first-order valence-electron chi connectivity index (χ1n) is 5.85. The number of hydrogen-bond acceptors (Lipinski definition) is 3. The highest BCUT2D eigenvalue weighted by atomic mass is 127. The molecule has 5 heteroatoms. The lowest BCUT2D eigenvalue weighted by Gasteiger charge is -2.18. The molecule has 0 aliphatic heterocycles. The predicted molar refractivity (Wildman–Crippen MR) is 88.8 cm³/mol. The van der Waals surface area contributed by atoms with Crippen molar-refractivity contribution in [2.45, 2.75) is 12.5 Å². The number of halogens is 2. The molecule has 0 radical (unpaired) electrons. The molecule has 0 fully saturated rings. The lowest BCUT2D eigenvalue weighted by Crippen LogP contribution is -2.30. The molecular weight excluding hydrogens is 373 g/mol. The van der Waals surface area contributed by atoms with E-state index in [1.165, 1.54) is 9.13 Å². The number of anilines is 1. The zero-order valence-electron chi connectivity index (χ0n) is 10.2. The number of rotatable bonds is 4. The Morgan fingerprint density at radius 3 is 2.42 bits per heavy atom. The molecule has 5 N–H and O–H groups in total. The van der Waals surface area contributed by atoms with Crippen LogP contribution in [-0.4, -0.2) is 0 Å². The molecule has 0 aliphatic rings. The summed E-state index contributed by atoms with van der Waals surface area (Å²) in [5.74, 6) is 5.65. The molecule has 0 aromatic heterocycles. The van der Waals surface area contributed by atoms with Gasteiger partial charge in [0.2, 0.25) is 0 Å². The Hall–Kier alpha value is -0.820. The Morgan fingerprint density at radius 1 is 1.16 bits per heavy atom. The van der Waals surface area contributed by atoms with Gasteiger partial charge in [-0.1, -0.05) is 29.8 Å². The number of hydrazine groups is 1. The second kappa shape index (κ2) is 6.56. The van der Waals surface area contributed by atoms with Crippen LogP contribution in [0.3, 0.4) is 0 Å². The Morgan fingerprint density at radius 2 is 1.84 bits per heavy atom. The standard InChI is InChI=1S/C14H15ClIN3/c15-10-3-6-12(13(17)8-10)14(19-18)7-9-1-4-11(16)5-2-9/h1-6,8,14,19H,7,17-18H2. The van der Waals surface area contributed by atoms with Gasteiger partial charge in [-0.15, -0.1) is 0 Å². The fourth-order valence-corrected chi connectivity index (χ4v) is 2.52. The average Bonchev–Trinajstić information content (AvgIpc) is 2.39. The minimum absolute atomic E-state index is 0.0303. The molecule has 2 aromatic carbocycles. The molecule has 3 nitrogen and oxygen atoms in total. The Bertz CT molecular complexity index is 557. The molecule has 0 amide bonds. The van der Waals surface area contributed by atoms with Gasteiger partial charge in [-0.05, 0) is 64.4 Å². The Balaban J connectivity index is 2.22. The van der Waals surface area contributed by atoms with Gasteiger partial charge in [0.15, 0.2) is 0 Å². The minimum Gasteiger partial charge on any atom is -0.398 e. The lowest BCUT2D eigenvalue weighted by molar-refractivity contribution is 0.553. The van der Waals surface area contributed by atoms with E-state index in [0.29, 0.717) is 10.7 Å². The van der Waals surface area contributed by atoms with Gasteiger partial charge in [-0.2, -0.15) is 0 Å². The number of nitrogens with two attached hydrogens (primary N) is 2. The van der Waals surface area contributed by atoms with E-state index in [2.05, 4.69) is 52.3 Å². The summed E-state index contributed by atoms with van der Waals surface area (Å²) in [5.41, 5.74) is 11.6. The zero-order chi connectivity index (χ0) is 13.8. The smallest absolute Gasteiger partial charge is 0.0520 e. The molecule has 0 aliphatic carbocycles. The molecule has 0 heterocycles. The number of benzene rings is 2. The maximum Gasteiger partial charge on any atom is 0.0520 e. The molecule has 0 bridgehead atoms. The van der Waals surface area contributed by atoms with Crippen LogP contribution in [0.2, 0.25) is 5.02 Å². The van der Waals surface area contributed by atoms with Gasteiger partial charge in [-0.3, -0.25) is 11.3 Å². The first-order chi connectivity index (χ1) is 9.10. The second-order valence-corrected chi connectivity index (χ2v) is 6.01. The van der Waals surface area contributed by atoms with Crippen molar-refractivity contribution in [1.29, 1.82) is 0 Å². The van der Waals surface area contributed by atoms with E-state index in [4.69, 9.17) is 23.2 Å². The highest BCUT2D eigenvalue weighted by Gasteiger charge is 2.13. The second-order valence-electron chi connectivity index (χ2n) is 4.32. The molecule has 100 valence electrons. The molecule has 0 saturated carbocycles. The van der Waals surface area contributed by atoms with Crippen molar-refractivity contribution in [3.63, 3.8) is 0 Å². The fourth-order valence-electron chi connectivity index (χ4n) is 1.98. The van der Waals surface area contributed by atoms with Gasteiger partial charge in [-0.25, -0.2) is 0 Å². The third-order valence-electron chi connectivity index (χ3n) is 2.98. The van der Waals surface area contributed by atoms with Gasteiger partial charge < -0.3 is 5.73 Å². The lowest BCUT2D eigenvalue weighted by atomic mass is 9.98. The van der Waals surface area contributed by atoms with Crippen LogP contribution in [0, 0.1) is 3.57 Å². The van der Waals surface area contributed by atoms with E-state index in [1.807, 2.05) is 12.1 Å². The maximum atomic E-state index is 5.99. The summed E-state index contributed by atoms with van der Waals surface area (Å²) in [5, 5.41) is 0.631. The van der Waals surface area contributed by atoms with E-state index in [0.717, 1.165) is 12.0 Å². The molecule has 1 unspecified atom stereocenters. The quantitative estimate of drug-likeness (QED) is 0.326. The van der Waals surface area contributed by atoms with Crippen molar-refractivity contribution in [2.24, 2.45) is 5.84 Å². The van der Waals surface area contributed by atoms with E-state index in [9.17, 15) is 0 Å². The van der Waals surface area contributed by atoms with Crippen molar-refractivity contribution in [2.75, 3.05) is 5.73 Å². The minimum atomic E-state index is -0.0303. The molecule has 2 rings (SSSR count). The van der Waals surface area contributed by atoms with Crippen molar-refractivity contribution in [3.8, 4) is 0 Å². The third-order valence-corrected chi connectivity index (χ3v) is 3.93. The van der Waals surface area contributed by atoms with Crippen LogP contribution in [-0.2, 0) is 6.42 Å². The normalized spacial score (nSPS) is 12.4. The molecule has 1 atom stereocenters. The van der Waals surface area contributed by atoms with E-state index >= 15 is 0 Å². The van der Waals surface area contributed by atoms with Crippen LogP contribution in [0.4, 0.5) is 5.69 Å². The van der Waals surface area contributed by atoms with E-state index in [-0.39, 0.29) is 6.04 Å². The van der Waals surface area contributed by atoms with Crippen molar-refractivity contribution in [1.82, 2.24) is 5.43 Å². The third kappa shape index (κ3) is 3.82. The highest BCUT2D eigenvalue weighted by molar-refractivity contribution is 14.1. The fraction of sp³-hybridized carbons (Fsp3) is 0.143.